The van der Waals surface area contributed by atoms with E-state index in [1.54, 1.807) is 18.3 Å². The number of hydrogen-bond acceptors (Lipinski definition) is 4. The number of aromatic nitrogens is 3. The SMILES string of the molecule is CCSc1nc2[nH]ccc2c(=O)n1-c1ccc(OCCF)c(F)c1. The number of alkyl halides is 1. The van der Waals surface area contributed by atoms with Crippen molar-refractivity contribution in [1.29, 1.82) is 0 Å². The van der Waals surface area contributed by atoms with Gasteiger partial charge >= 0.3 is 0 Å². The van der Waals surface area contributed by atoms with Crippen LogP contribution in [-0.2, 0) is 0 Å². The Morgan fingerprint density at radius 3 is 2.92 bits per heavy atom. The fourth-order valence-electron chi connectivity index (χ4n) is 2.33. The van der Waals surface area contributed by atoms with Crippen molar-refractivity contribution in [2.24, 2.45) is 0 Å². The minimum absolute atomic E-state index is 0.0511. The number of benzene rings is 1. The molecule has 0 aliphatic rings. The topological polar surface area (TPSA) is 59.9 Å². The molecule has 0 saturated carbocycles. The molecule has 0 bridgehead atoms. The molecule has 0 fully saturated rings. The van der Waals surface area contributed by atoms with Gasteiger partial charge in [0.25, 0.3) is 5.56 Å². The highest BCUT2D eigenvalue weighted by atomic mass is 32.2. The lowest BCUT2D eigenvalue weighted by atomic mass is 10.2. The van der Waals surface area contributed by atoms with Crippen molar-refractivity contribution in [2.45, 2.75) is 12.1 Å². The first-order chi connectivity index (χ1) is 11.7. The van der Waals surface area contributed by atoms with Crippen molar-refractivity contribution >= 4 is 22.8 Å². The zero-order chi connectivity index (χ0) is 17.1. The van der Waals surface area contributed by atoms with E-state index in [2.05, 4.69) is 9.97 Å². The Hall–Kier alpha value is -2.35. The number of H-pyrrole nitrogens is 1. The van der Waals surface area contributed by atoms with Crippen molar-refractivity contribution in [3.05, 3.63) is 46.6 Å². The predicted octanol–water partition coefficient (Wildman–Crippen LogP) is 3.31. The Kier molecular flexibility index (Phi) is 4.84. The largest absolute Gasteiger partial charge is 0.488 e. The molecular weight excluding hydrogens is 336 g/mol. The van der Waals surface area contributed by atoms with Gasteiger partial charge < -0.3 is 9.72 Å². The second-order valence-electron chi connectivity index (χ2n) is 4.86. The van der Waals surface area contributed by atoms with Crippen LogP contribution in [0.2, 0.25) is 0 Å². The van der Waals surface area contributed by atoms with Gasteiger partial charge in [-0.1, -0.05) is 18.7 Å². The summed E-state index contributed by atoms with van der Waals surface area (Å²) >= 11 is 1.38. The Morgan fingerprint density at radius 2 is 2.21 bits per heavy atom. The highest BCUT2D eigenvalue weighted by Crippen LogP contribution is 2.24. The molecule has 0 aliphatic heterocycles. The Bertz CT molecular complexity index is 923. The lowest BCUT2D eigenvalue weighted by Crippen LogP contribution is -2.21. The van der Waals surface area contributed by atoms with Crippen molar-refractivity contribution in [3.8, 4) is 11.4 Å². The van der Waals surface area contributed by atoms with E-state index in [9.17, 15) is 13.6 Å². The molecule has 0 aliphatic carbocycles. The molecule has 126 valence electrons. The molecule has 8 heteroatoms. The summed E-state index contributed by atoms with van der Waals surface area (Å²) in [6.45, 7) is 1.02. The van der Waals surface area contributed by atoms with E-state index in [0.29, 0.717) is 27.6 Å². The molecule has 1 N–H and O–H groups in total. The standard InChI is InChI=1S/C16H15F2N3O2S/c1-2-24-16-20-14-11(5-7-19-14)15(22)21(16)10-3-4-13(12(18)9-10)23-8-6-17/h3-5,7,9,19H,2,6,8H2,1H3. The van der Waals surface area contributed by atoms with Crippen LogP contribution >= 0.6 is 11.8 Å². The lowest BCUT2D eigenvalue weighted by molar-refractivity contribution is 0.262. The molecule has 1 aromatic carbocycles. The van der Waals surface area contributed by atoms with Crippen LogP contribution in [0, 0.1) is 5.82 Å². The van der Waals surface area contributed by atoms with Crippen molar-refractivity contribution in [2.75, 3.05) is 19.0 Å². The van der Waals surface area contributed by atoms with Crippen molar-refractivity contribution in [1.82, 2.24) is 14.5 Å². The monoisotopic (exact) mass is 351 g/mol. The molecule has 2 aromatic heterocycles. The van der Waals surface area contributed by atoms with E-state index in [4.69, 9.17) is 4.74 Å². The molecule has 0 atom stereocenters. The average Bonchev–Trinajstić information content (AvgIpc) is 3.03. The van der Waals surface area contributed by atoms with Gasteiger partial charge in [-0.15, -0.1) is 0 Å². The first kappa shape index (κ1) is 16.5. The van der Waals surface area contributed by atoms with Gasteiger partial charge in [0, 0.05) is 12.3 Å². The summed E-state index contributed by atoms with van der Waals surface area (Å²) in [5.41, 5.74) is 0.557. The second kappa shape index (κ2) is 7.04. The maximum absolute atomic E-state index is 14.2. The number of aromatic amines is 1. The number of nitrogens with zero attached hydrogens (tertiary/aromatic N) is 2. The fraction of sp³-hybridized carbons (Fsp3) is 0.250. The summed E-state index contributed by atoms with van der Waals surface area (Å²) in [5.74, 6) is -0.00182. The predicted molar refractivity (Wildman–Crippen MR) is 89.5 cm³/mol. The summed E-state index contributed by atoms with van der Waals surface area (Å²) in [4.78, 5) is 20.1. The normalized spacial score (nSPS) is 11.1. The second-order valence-corrected chi connectivity index (χ2v) is 6.09. The Morgan fingerprint density at radius 1 is 1.38 bits per heavy atom. The molecular formula is C16H15F2N3O2S. The zero-order valence-electron chi connectivity index (χ0n) is 12.9. The van der Waals surface area contributed by atoms with Crippen LogP contribution in [0.25, 0.3) is 16.7 Å². The Labute approximate surface area is 140 Å². The molecule has 0 saturated heterocycles. The van der Waals surface area contributed by atoms with Gasteiger partial charge in [0.05, 0.1) is 11.1 Å². The van der Waals surface area contributed by atoms with Gasteiger partial charge in [0.15, 0.2) is 16.7 Å². The highest BCUT2D eigenvalue weighted by Gasteiger charge is 2.15. The van der Waals surface area contributed by atoms with E-state index in [1.807, 2.05) is 6.92 Å². The number of ether oxygens (including phenoxy) is 1. The number of fused-ring (bicyclic) bond motifs is 1. The Balaban J connectivity index is 2.14. The summed E-state index contributed by atoms with van der Waals surface area (Å²) in [5, 5.41) is 0.892. The van der Waals surface area contributed by atoms with E-state index in [1.165, 1.54) is 28.5 Å². The van der Waals surface area contributed by atoms with E-state index < -0.39 is 12.5 Å². The minimum Gasteiger partial charge on any atom is -0.488 e. The molecule has 0 amide bonds. The minimum atomic E-state index is -0.702. The third kappa shape index (κ3) is 3.01. The molecule has 3 rings (SSSR count). The lowest BCUT2D eigenvalue weighted by Gasteiger charge is -2.13. The van der Waals surface area contributed by atoms with Crippen LogP contribution in [0.1, 0.15) is 6.92 Å². The fourth-order valence-corrected chi connectivity index (χ4v) is 3.06. The molecule has 0 unspecified atom stereocenters. The maximum atomic E-state index is 14.2. The van der Waals surface area contributed by atoms with E-state index >= 15 is 0 Å². The zero-order valence-corrected chi connectivity index (χ0v) is 13.7. The van der Waals surface area contributed by atoms with Crippen LogP contribution in [0.3, 0.4) is 0 Å². The smallest absolute Gasteiger partial charge is 0.268 e. The van der Waals surface area contributed by atoms with Gasteiger partial charge in [-0.3, -0.25) is 9.36 Å². The summed E-state index contributed by atoms with van der Waals surface area (Å²) in [6, 6.07) is 5.76. The van der Waals surface area contributed by atoms with Gasteiger partial charge in [-0.05, 0) is 24.0 Å². The van der Waals surface area contributed by atoms with Crippen LogP contribution in [0.5, 0.6) is 5.75 Å². The van der Waals surface area contributed by atoms with Gasteiger partial charge in [0.1, 0.15) is 18.9 Å². The first-order valence-corrected chi connectivity index (χ1v) is 8.36. The van der Waals surface area contributed by atoms with Crippen molar-refractivity contribution in [3.63, 3.8) is 0 Å². The molecule has 3 aromatic rings. The third-order valence-corrected chi connectivity index (χ3v) is 4.16. The number of hydrogen-bond donors (Lipinski definition) is 1. The summed E-state index contributed by atoms with van der Waals surface area (Å²) in [7, 11) is 0. The van der Waals surface area contributed by atoms with Crippen LogP contribution < -0.4 is 10.3 Å². The number of halogens is 2. The number of thioether (sulfide) groups is 1. The molecule has 0 spiro atoms. The van der Waals surface area contributed by atoms with Crippen LogP contribution in [0.15, 0.2) is 40.4 Å². The molecule has 2 heterocycles. The quantitative estimate of drug-likeness (QED) is 0.547. The number of rotatable bonds is 6. The van der Waals surface area contributed by atoms with Crippen molar-refractivity contribution < 1.29 is 13.5 Å². The summed E-state index contributed by atoms with van der Waals surface area (Å²) < 4.78 is 32.7. The van der Waals surface area contributed by atoms with Gasteiger partial charge in [-0.2, -0.15) is 0 Å². The first-order valence-electron chi connectivity index (χ1n) is 7.37. The third-order valence-electron chi connectivity index (χ3n) is 3.34. The van der Waals surface area contributed by atoms with Crippen LogP contribution in [-0.4, -0.2) is 33.6 Å². The summed E-state index contributed by atoms with van der Waals surface area (Å²) in [6.07, 6.45) is 1.64. The van der Waals surface area contributed by atoms with E-state index in [-0.39, 0.29) is 17.9 Å². The average molecular weight is 351 g/mol. The number of nitrogens with one attached hydrogen (secondary N) is 1. The molecule has 0 radical (unpaired) electrons. The molecule has 24 heavy (non-hydrogen) atoms. The van der Waals surface area contributed by atoms with E-state index in [0.717, 1.165) is 0 Å². The van der Waals surface area contributed by atoms with Crippen LogP contribution in [0.4, 0.5) is 8.78 Å². The highest BCUT2D eigenvalue weighted by molar-refractivity contribution is 7.99. The maximum Gasteiger partial charge on any atom is 0.268 e. The van der Waals surface area contributed by atoms with Gasteiger partial charge in [-0.25, -0.2) is 13.8 Å². The van der Waals surface area contributed by atoms with Gasteiger partial charge in [0.2, 0.25) is 0 Å². The molecule has 5 nitrogen and oxygen atoms in total.